The van der Waals surface area contributed by atoms with E-state index in [0.717, 1.165) is 31.8 Å². The zero-order valence-corrected chi connectivity index (χ0v) is 13.8. The van der Waals surface area contributed by atoms with Gasteiger partial charge in [-0.3, -0.25) is 0 Å². The minimum absolute atomic E-state index is 0.000906. The summed E-state index contributed by atoms with van der Waals surface area (Å²) in [7, 11) is 0. The topological polar surface area (TPSA) is 52.0 Å². The monoisotopic (exact) mass is 294 g/mol. The minimum Gasteiger partial charge on any atom is -0.378 e. The molecule has 1 aromatic rings. The molecule has 0 saturated heterocycles. The Kier molecular flexibility index (Phi) is 6.18. The molecule has 0 unspecified atom stereocenters. The Morgan fingerprint density at radius 2 is 2.05 bits per heavy atom. The van der Waals surface area contributed by atoms with Gasteiger partial charge in [-0.1, -0.05) is 24.5 Å². The highest BCUT2D eigenvalue weighted by Crippen LogP contribution is 2.20. The van der Waals surface area contributed by atoms with Gasteiger partial charge in [-0.2, -0.15) is 0 Å². The van der Waals surface area contributed by atoms with Crippen LogP contribution in [0.2, 0.25) is 0 Å². The molecule has 1 heterocycles. The van der Waals surface area contributed by atoms with Crippen LogP contribution in [0.3, 0.4) is 0 Å². The lowest BCUT2D eigenvalue weighted by Crippen LogP contribution is -2.22. The summed E-state index contributed by atoms with van der Waals surface area (Å²) in [6, 6.07) is 0. The molecule has 0 bridgehead atoms. The van der Waals surface area contributed by atoms with E-state index in [1.165, 1.54) is 32.1 Å². The normalized spacial score (nSPS) is 17.3. The number of ether oxygens (including phenoxy) is 1. The summed E-state index contributed by atoms with van der Waals surface area (Å²) in [4.78, 5) is 0. The smallest absolute Gasteiger partial charge is 0.0965 e. The van der Waals surface area contributed by atoms with Crippen molar-refractivity contribution in [1.29, 1.82) is 0 Å². The fraction of sp³-hybridized carbons (Fsp3) is 0.875. The van der Waals surface area contributed by atoms with Gasteiger partial charge in [-0.05, 0) is 46.6 Å². The molecule has 5 heteroatoms. The number of rotatable bonds is 7. The van der Waals surface area contributed by atoms with E-state index >= 15 is 0 Å². The molecule has 1 aliphatic rings. The van der Waals surface area contributed by atoms with E-state index in [4.69, 9.17) is 4.74 Å². The quantitative estimate of drug-likeness (QED) is 0.786. The Labute approximate surface area is 128 Å². The largest absolute Gasteiger partial charge is 0.378 e. The average molecular weight is 294 g/mol. The minimum atomic E-state index is -0.000906. The molecule has 1 aliphatic carbocycles. The van der Waals surface area contributed by atoms with Crippen molar-refractivity contribution in [3.63, 3.8) is 0 Å². The summed E-state index contributed by atoms with van der Waals surface area (Å²) < 4.78 is 7.82. The molecule has 120 valence electrons. The fourth-order valence-corrected chi connectivity index (χ4v) is 2.60. The highest BCUT2D eigenvalue weighted by atomic mass is 16.5. The van der Waals surface area contributed by atoms with Gasteiger partial charge in [-0.15, -0.1) is 5.10 Å². The lowest BCUT2D eigenvalue weighted by molar-refractivity contribution is 0.0273. The van der Waals surface area contributed by atoms with Crippen LogP contribution >= 0.6 is 0 Å². The van der Waals surface area contributed by atoms with Crippen LogP contribution in [0, 0.1) is 0 Å². The number of nitrogens with one attached hydrogen (secondary N) is 1. The lowest BCUT2D eigenvalue weighted by atomic mass is 9.98. The molecule has 5 nitrogen and oxygen atoms in total. The zero-order valence-electron chi connectivity index (χ0n) is 13.8. The Balaban J connectivity index is 1.54. The third kappa shape index (κ3) is 5.75. The molecule has 0 radical (unpaired) electrons. The van der Waals surface area contributed by atoms with Crippen molar-refractivity contribution in [2.24, 2.45) is 0 Å². The van der Waals surface area contributed by atoms with Gasteiger partial charge >= 0.3 is 0 Å². The van der Waals surface area contributed by atoms with Crippen LogP contribution in [0.4, 0.5) is 0 Å². The first kappa shape index (κ1) is 16.4. The molecule has 0 amide bonds. The van der Waals surface area contributed by atoms with E-state index in [1.54, 1.807) is 0 Å². The summed E-state index contributed by atoms with van der Waals surface area (Å²) in [6.07, 6.45) is 10.2. The Morgan fingerprint density at radius 1 is 1.29 bits per heavy atom. The average Bonchev–Trinajstić information content (AvgIpc) is 2.93. The van der Waals surface area contributed by atoms with Gasteiger partial charge in [0.1, 0.15) is 0 Å². The SMILES string of the molecule is CC(C)(C)n1cc(CNCCCOC2CCCCC2)nn1. The molecule has 2 rings (SSSR count). The third-order valence-electron chi connectivity index (χ3n) is 3.94. The van der Waals surface area contributed by atoms with Crippen LogP contribution < -0.4 is 5.32 Å². The molecule has 1 N–H and O–H groups in total. The summed E-state index contributed by atoms with van der Waals surface area (Å²) in [5.74, 6) is 0. The first-order valence-electron chi connectivity index (χ1n) is 8.30. The zero-order chi connectivity index (χ0) is 15.1. The van der Waals surface area contributed by atoms with Gasteiger partial charge in [-0.25, -0.2) is 4.68 Å². The molecular formula is C16H30N4O. The van der Waals surface area contributed by atoms with Crippen molar-refractivity contribution in [2.45, 2.75) is 77.5 Å². The van der Waals surface area contributed by atoms with E-state index in [0.29, 0.717) is 6.10 Å². The van der Waals surface area contributed by atoms with Crippen molar-refractivity contribution in [1.82, 2.24) is 20.3 Å². The van der Waals surface area contributed by atoms with Crippen LogP contribution in [0.5, 0.6) is 0 Å². The van der Waals surface area contributed by atoms with Crippen LogP contribution in [-0.4, -0.2) is 34.2 Å². The maximum absolute atomic E-state index is 5.91. The fourth-order valence-electron chi connectivity index (χ4n) is 2.60. The highest BCUT2D eigenvalue weighted by Gasteiger charge is 2.15. The van der Waals surface area contributed by atoms with Crippen LogP contribution in [0.1, 0.15) is 65.0 Å². The number of hydrogen-bond donors (Lipinski definition) is 1. The predicted octanol–water partition coefficient (Wildman–Crippen LogP) is 2.86. The predicted molar refractivity (Wildman–Crippen MR) is 84.2 cm³/mol. The molecule has 0 aromatic carbocycles. The maximum atomic E-state index is 5.91. The molecule has 1 saturated carbocycles. The molecule has 0 aliphatic heterocycles. The first-order chi connectivity index (χ1) is 10.1. The molecule has 0 spiro atoms. The number of hydrogen-bond acceptors (Lipinski definition) is 4. The van der Waals surface area contributed by atoms with Gasteiger partial charge < -0.3 is 10.1 Å². The van der Waals surface area contributed by atoms with Crippen molar-refractivity contribution in [3.8, 4) is 0 Å². The summed E-state index contributed by atoms with van der Waals surface area (Å²) in [5.41, 5.74) is 0.997. The van der Waals surface area contributed by atoms with Crippen LogP contribution in [0.15, 0.2) is 6.20 Å². The second-order valence-electron chi connectivity index (χ2n) is 6.99. The second-order valence-corrected chi connectivity index (χ2v) is 6.99. The van der Waals surface area contributed by atoms with Gasteiger partial charge in [0.05, 0.1) is 23.5 Å². The standard InChI is InChI=1S/C16H30N4O/c1-16(2,3)20-13-14(18-19-20)12-17-10-7-11-21-15-8-5-4-6-9-15/h13,15,17H,4-12H2,1-3H3. The summed E-state index contributed by atoms with van der Waals surface area (Å²) >= 11 is 0. The highest BCUT2D eigenvalue weighted by molar-refractivity contribution is 4.93. The van der Waals surface area contributed by atoms with E-state index in [-0.39, 0.29) is 5.54 Å². The first-order valence-corrected chi connectivity index (χ1v) is 8.30. The molecule has 1 aromatic heterocycles. The Bertz CT molecular complexity index is 405. The van der Waals surface area contributed by atoms with E-state index in [2.05, 4.69) is 36.4 Å². The van der Waals surface area contributed by atoms with Gasteiger partial charge in [0.2, 0.25) is 0 Å². The molecule has 0 atom stereocenters. The van der Waals surface area contributed by atoms with E-state index < -0.39 is 0 Å². The number of aromatic nitrogens is 3. The van der Waals surface area contributed by atoms with Gasteiger partial charge in [0.15, 0.2) is 0 Å². The van der Waals surface area contributed by atoms with Crippen LogP contribution in [-0.2, 0) is 16.8 Å². The number of nitrogens with zero attached hydrogens (tertiary/aromatic N) is 3. The third-order valence-corrected chi connectivity index (χ3v) is 3.94. The molecule has 21 heavy (non-hydrogen) atoms. The van der Waals surface area contributed by atoms with Crippen molar-refractivity contribution >= 4 is 0 Å². The van der Waals surface area contributed by atoms with Crippen molar-refractivity contribution < 1.29 is 4.74 Å². The van der Waals surface area contributed by atoms with Gasteiger partial charge in [0.25, 0.3) is 0 Å². The summed E-state index contributed by atoms with van der Waals surface area (Å²) in [6.45, 7) is 8.99. The van der Waals surface area contributed by atoms with E-state index in [1.807, 2.05) is 10.9 Å². The maximum Gasteiger partial charge on any atom is 0.0965 e. The van der Waals surface area contributed by atoms with Crippen molar-refractivity contribution in [3.05, 3.63) is 11.9 Å². The van der Waals surface area contributed by atoms with Crippen LogP contribution in [0.25, 0.3) is 0 Å². The lowest BCUT2D eigenvalue weighted by Gasteiger charge is -2.21. The van der Waals surface area contributed by atoms with E-state index in [9.17, 15) is 0 Å². The second kappa shape index (κ2) is 7.90. The van der Waals surface area contributed by atoms with Crippen molar-refractivity contribution in [2.75, 3.05) is 13.2 Å². The molecular weight excluding hydrogens is 264 g/mol. The molecule has 1 fully saturated rings. The Morgan fingerprint density at radius 3 is 2.71 bits per heavy atom. The van der Waals surface area contributed by atoms with Gasteiger partial charge in [0, 0.05) is 13.2 Å². The Hall–Kier alpha value is -0.940. The summed E-state index contributed by atoms with van der Waals surface area (Å²) in [5, 5.41) is 11.8.